The Balaban J connectivity index is -0.000000187. The van der Waals surface area contributed by atoms with Crippen LogP contribution in [0.25, 0.3) is 0 Å². The van der Waals surface area contributed by atoms with Crippen LogP contribution in [0.4, 0.5) is 11.4 Å². The summed E-state index contributed by atoms with van der Waals surface area (Å²) in [6.07, 6.45) is 7.65. The molecule has 57 heavy (non-hydrogen) atoms. The molecular weight excluding hydrogens is 1390 g/mol. The van der Waals surface area contributed by atoms with Gasteiger partial charge in [0.25, 0.3) is 0 Å². The molecule has 0 spiro atoms. The van der Waals surface area contributed by atoms with E-state index >= 15 is 0 Å². The second kappa shape index (κ2) is 39.6. The van der Waals surface area contributed by atoms with Gasteiger partial charge in [0.1, 0.15) is 0 Å². The molecule has 2 N–H and O–H groups in total. The van der Waals surface area contributed by atoms with E-state index in [4.69, 9.17) is 92.8 Å². The number of aromatic nitrogens is 2. The van der Waals surface area contributed by atoms with Crippen molar-refractivity contribution in [3.63, 3.8) is 0 Å². The summed E-state index contributed by atoms with van der Waals surface area (Å²) in [5.41, 5.74) is 2.43. The van der Waals surface area contributed by atoms with Crippen molar-refractivity contribution in [1.29, 1.82) is 0 Å². The standard InChI is InChI=1S/2C7H10N2.2C6H3BrCl2.2C6H3Cl2.4BrH.Sn/c2*1-9(2)7-3-5-8-6-4-7;2*7-4-1-2-5(8)6(9)3-4;2*7-5-3-1-2-4-6(5)8;;;;;/h2*3-6H,1-2H3;2*1-3H;2*1,3-4H;4*1H;/q;;;;2*-1;;;;;+4/p-2. The first-order valence-electron chi connectivity index (χ1n) is 14.7. The van der Waals surface area contributed by atoms with Crippen molar-refractivity contribution in [1.82, 2.24) is 0 Å². The van der Waals surface area contributed by atoms with Crippen LogP contribution in [-0.2, 0) is 0 Å². The van der Waals surface area contributed by atoms with Crippen LogP contribution >= 0.6 is 125 Å². The van der Waals surface area contributed by atoms with Gasteiger partial charge in [-0.1, -0.05) is 98.4 Å². The third-order valence-electron chi connectivity index (χ3n) is 5.73. The van der Waals surface area contributed by atoms with Crippen LogP contribution < -0.4 is 87.7 Å². The number of H-pyrrole nitrogens is 2. The second-order valence-electron chi connectivity index (χ2n) is 10.1. The van der Waals surface area contributed by atoms with Crippen LogP contribution in [-0.4, -0.2) is 52.1 Å². The third-order valence-corrected chi connectivity index (χ3v) is 9.67. The number of benzene rings is 4. The Morgan fingerprint density at radius 3 is 0.877 bits per heavy atom. The minimum absolute atomic E-state index is 0. The molecule has 0 atom stereocenters. The average Bonchev–Trinajstić information content (AvgIpc) is 3.13. The molecule has 0 saturated carbocycles. The molecule has 19 heteroatoms. The first-order chi connectivity index (χ1) is 24.6. The third kappa shape index (κ3) is 32.2. The number of hydrogen-bond acceptors (Lipinski definition) is 2. The van der Waals surface area contributed by atoms with E-state index < -0.39 is 0 Å². The minimum atomic E-state index is 0. The first-order valence-corrected chi connectivity index (χ1v) is 19.3. The van der Waals surface area contributed by atoms with E-state index in [0.29, 0.717) is 40.2 Å². The molecule has 4 nitrogen and oxygen atoms in total. The van der Waals surface area contributed by atoms with Crippen molar-refractivity contribution in [3.05, 3.63) is 183 Å². The fourth-order valence-electron chi connectivity index (χ4n) is 3.08. The Hall–Kier alpha value is 0.779. The zero-order valence-corrected chi connectivity index (χ0v) is 48.7. The van der Waals surface area contributed by atoms with Crippen LogP contribution in [0.3, 0.4) is 0 Å². The van der Waals surface area contributed by atoms with Gasteiger partial charge in [-0.25, -0.2) is 9.97 Å². The van der Waals surface area contributed by atoms with Gasteiger partial charge < -0.3 is 77.7 Å². The number of hydrogen-bond donors (Lipinski definition) is 0. The van der Waals surface area contributed by atoms with E-state index in [9.17, 15) is 0 Å². The summed E-state index contributed by atoms with van der Waals surface area (Å²) in [5.74, 6) is 0. The van der Waals surface area contributed by atoms with Crippen molar-refractivity contribution in [3.8, 4) is 0 Å². The van der Waals surface area contributed by atoms with Crippen LogP contribution in [0, 0.1) is 12.1 Å². The minimum Gasteiger partial charge on any atom is -1.00 e. The Bertz CT molecular complexity index is 1710. The molecule has 0 fully saturated rings. The maximum Gasteiger partial charge on any atom is 4.00 e. The summed E-state index contributed by atoms with van der Waals surface area (Å²) in [5, 5.41) is 4.57. The summed E-state index contributed by atoms with van der Waals surface area (Å²) >= 11 is 51.3. The summed E-state index contributed by atoms with van der Waals surface area (Å²) < 4.78 is 1.88. The molecule has 2 aromatic heterocycles. The summed E-state index contributed by atoms with van der Waals surface area (Å²) in [6, 6.07) is 34.4. The van der Waals surface area contributed by atoms with Crippen LogP contribution in [0.2, 0.25) is 40.2 Å². The van der Waals surface area contributed by atoms with E-state index in [0.717, 1.165) is 8.95 Å². The van der Waals surface area contributed by atoms with Crippen LogP contribution in [0.15, 0.2) is 131 Å². The fourth-order valence-corrected chi connectivity index (χ4v) is 5.14. The van der Waals surface area contributed by atoms with Gasteiger partial charge in [-0.05, 0) is 36.4 Å². The smallest absolute Gasteiger partial charge is 1.00 e. The predicted molar refractivity (Wildman–Crippen MR) is 239 cm³/mol. The van der Waals surface area contributed by atoms with Gasteiger partial charge in [0.2, 0.25) is 0 Å². The number of nitrogens with one attached hydrogen (secondary N) is 2. The summed E-state index contributed by atoms with van der Waals surface area (Å²) in [4.78, 5) is 10.0. The number of nitrogens with zero attached hydrogens (tertiary/aromatic N) is 2. The Morgan fingerprint density at radius 1 is 0.421 bits per heavy atom. The van der Waals surface area contributed by atoms with E-state index in [2.05, 4.69) is 63.8 Å². The molecule has 6 aromatic rings. The van der Waals surface area contributed by atoms with Crippen molar-refractivity contribution in [2.45, 2.75) is 0 Å². The van der Waals surface area contributed by atoms with E-state index in [-0.39, 0.29) is 91.8 Å². The van der Waals surface area contributed by atoms with Gasteiger partial charge in [0.15, 0.2) is 24.8 Å². The Kier molecular flexibility index (Phi) is 46.5. The first kappa shape index (κ1) is 66.9. The van der Waals surface area contributed by atoms with Crippen molar-refractivity contribution in [2.75, 3.05) is 38.0 Å². The maximum absolute atomic E-state index is 5.65. The van der Waals surface area contributed by atoms with E-state index in [1.165, 1.54) is 11.4 Å². The molecule has 0 radical (unpaired) electrons. The van der Waals surface area contributed by atoms with Crippen LogP contribution in [0.1, 0.15) is 0 Å². The molecule has 0 saturated heterocycles. The second-order valence-corrected chi connectivity index (χ2v) is 15.2. The molecule has 308 valence electrons. The van der Waals surface area contributed by atoms with Gasteiger partial charge in [-0.2, -0.15) is 71.7 Å². The van der Waals surface area contributed by atoms with Gasteiger partial charge in [-0.3, -0.25) is 0 Å². The summed E-state index contributed by atoms with van der Waals surface area (Å²) in [7, 11) is 8.09. The number of aromatic amines is 2. The molecule has 6 rings (SSSR count). The zero-order valence-electron chi connectivity index (χ0n) is 30.2. The van der Waals surface area contributed by atoms with E-state index in [1.54, 1.807) is 60.7 Å². The monoisotopic (exact) mass is 1420 g/mol. The zero-order chi connectivity index (χ0) is 39.1. The topological polar surface area (TPSA) is 34.8 Å². The molecule has 0 amide bonds. The molecule has 0 bridgehead atoms. The average molecular weight is 1430 g/mol. The van der Waals surface area contributed by atoms with Gasteiger partial charge >= 0.3 is 23.9 Å². The molecule has 2 heterocycles. The molecule has 0 aliphatic rings. The molecule has 0 aliphatic heterocycles. The molecule has 0 aliphatic carbocycles. The van der Waals surface area contributed by atoms with Gasteiger partial charge in [-0.15, -0.1) is 23.2 Å². The Labute approximate surface area is 452 Å². The number of halogens is 14. The molecule has 0 unspecified atom stereocenters. The maximum atomic E-state index is 5.65. The van der Waals surface area contributed by atoms with Gasteiger partial charge in [0, 0.05) is 72.8 Å². The largest absolute Gasteiger partial charge is 4.00 e. The van der Waals surface area contributed by atoms with E-state index in [1.807, 2.05) is 89.4 Å². The molecule has 4 aromatic carbocycles. The number of rotatable bonds is 2. The fraction of sp³-hybridized carbons (Fsp3) is 0.105. The Morgan fingerprint density at radius 2 is 0.702 bits per heavy atom. The van der Waals surface area contributed by atoms with Crippen molar-refractivity contribution in [2.24, 2.45) is 0 Å². The predicted octanol–water partition coefficient (Wildman–Crippen LogP) is 1.87. The van der Waals surface area contributed by atoms with Crippen molar-refractivity contribution < 1.29 is 77.9 Å². The van der Waals surface area contributed by atoms with Crippen LogP contribution in [0.5, 0.6) is 0 Å². The summed E-state index contributed by atoms with van der Waals surface area (Å²) in [6.45, 7) is 0. The quantitative estimate of drug-likeness (QED) is 0.151. The number of pyridine rings is 2. The van der Waals surface area contributed by atoms with Gasteiger partial charge in [0.05, 0.1) is 20.1 Å². The SMILES string of the molecule is CN(C)c1cc[nH+]cc1.CN(C)c1cc[nH+]cc1.Clc1c[c-]ccc1Cl.Clc1c[c-]ccc1Cl.Clc1ccc(Br)cc1Cl.Clc1ccc(Br)cc1Cl.[Br-].[Br-].[Br-].[Br-].[Sn+4]. The number of anilines is 2. The molecular formula is C38H34Br6Cl8N4Sn. The van der Waals surface area contributed by atoms with Crippen molar-refractivity contribution >= 4 is 160 Å². The normalized spacial score (nSPS) is 8.53.